The molecule has 0 aromatic carbocycles. The summed E-state index contributed by atoms with van der Waals surface area (Å²) in [6, 6.07) is 0. The first-order valence-corrected chi connectivity index (χ1v) is 4.98. The van der Waals surface area contributed by atoms with Gasteiger partial charge in [0.1, 0.15) is 0 Å². The van der Waals surface area contributed by atoms with Crippen LogP contribution in [0.15, 0.2) is 0 Å². The molecule has 0 amide bonds. The fourth-order valence-corrected chi connectivity index (χ4v) is 1.71. The summed E-state index contributed by atoms with van der Waals surface area (Å²) < 4.78 is 7.74. The molecular formula is C7H15NOS. The number of rotatable bonds is 1. The molecule has 1 aliphatic heterocycles. The van der Waals surface area contributed by atoms with E-state index in [0.29, 0.717) is 0 Å². The Morgan fingerprint density at radius 3 is 2.30 bits per heavy atom. The van der Waals surface area contributed by atoms with Gasteiger partial charge in [0.2, 0.25) is 0 Å². The van der Waals surface area contributed by atoms with Crippen LogP contribution in [0.5, 0.6) is 0 Å². The molecule has 0 saturated carbocycles. The second-order valence-corrected chi connectivity index (χ2v) is 3.31. The zero-order valence-corrected chi connectivity index (χ0v) is 7.32. The third-order valence-corrected chi connectivity index (χ3v) is 2.53. The molecule has 10 heavy (non-hydrogen) atoms. The maximum Gasteiger partial charge on any atom is 0.0478 e. The zero-order valence-electron chi connectivity index (χ0n) is 6.51. The molecule has 0 aromatic heterocycles. The first-order valence-electron chi connectivity index (χ1n) is 3.80. The van der Waals surface area contributed by atoms with Gasteiger partial charge in [-0.1, -0.05) is 11.9 Å². The molecular weight excluding hydrogens is 146 g/mol. The van der Waals surface area contributed by atoms with Gasteiger partial charge in [-0.15, -0.1) is 0 Å². The van der Waals surface area contributed by atoms with Crippen LogP contribution in [0, 0.1) is 0 Å². The molecule has 0 N–H and O–H groups in total. The lowest BCUT2D eigenvalue weighted by Gasteiger charge is -2.21. The Balaban J connectivity index is 2.16. The van der Waals surface area contributed by atoms with E-state index in [1.165, 1.54) is 25.9 Å². The van der Waals surface area contributed by atoms with E-state index in [0.717, 1.165) is 13.2 Å². The maximum absolute atomic E-state index is 5.33. The van der Waals surface area contributed by atoms with Gasteiger partial charge < -0.3 is 4.74 Å². The number of hydrogen-bond acceptors (Lipinski definition) is 3. The predicted molar refractivity (Wildman–Crippen MR) is 45.1 cm³/mol. The molecule has 1 fully saturated rings. The highest BCUT2D eigenvalue weighted by atomic mass is 32.2. The normalized spacial score (nSPS) is 23.7. The quantitative estimate of drug-likeness (QED) is 0.539. The van der Waals surface area contributed by atoms with Crippen LogP contribution in [-0.2, 0) is 4.74 Å². The highest BCUT2D eigenvalue weighted by Crippen LogP contribution is 2.08. The van der Waals surface area contributed by atoms with Crippen LogP contribution < -0.4 is 0 Å². The molecule has 1 rings (SSSR count). The summed E-state index contributed by atoms with van der Waals surface area (Å²) in [6.45, 7) is 4.25. The fourth-order valence-electron chi connectivity index (χ4n) is 1.08. The van der Waals surface area contributed by atoms with Gasteiger partial charge in [-0.2, -0.15) is 0 Å². The van der Waals surface area contributed by atoms with Crippen LogP contribution in [0.1, 0.15) is 12.8 Å². The maximum atomic E-state index is 5.33. The van der Waals surface area contributed by atoms with E-state index < -0.39 is 0 Å². The van der Waals surface area contributed by atoms with Gasteiger partial charge >= 0.3 is 0 Å². The van der Waals surface area contributed by atoms with Crippen molar-refractivity contribution in [3.05, 3.63) is 0 Å². The molecule has 2 nitrogen and oxygen atoms in total. The van der Waals surface area contributed by atoms with Crippen molar-refractivity contribution < 1.29 is 4.74 Å². The van der Waals surface area contributed by atoms with Gasteiger partial charge in [0, 0.05) is 26.3 Å². The zero-order chi connectivity index (χ0) is 7.23. The first kappa shape index (κ1) is 8.37. The molecule has 0 aliphatic carbocycles. The van der Waals surface area contributed by atoms with Crippen LogP contribution >= 0.6 is 11.9 Å². The van der Waals surface area contributed by atoms with Crippen LogP contribution in [0.4, 0.5) is 0 Å². The highest BCUT2D eigenvalue weighted by Gasteiger charge is 2.05. The lowest BCUT2D eigenvalue weighted by molar-refractivity contribution is 0.109. The molecule has 0 bridgehead atoms. The number of hydrogen-bond donors (Lipinski definition) is 0. The van der Waals surface area contributed by atoms with Crippen molar-refractivity contribution in [1.82, 2.24) is 4.31 Å². The third kappa shape index (κ3) is 2.90. The Morgan fingerprint density at radius 1 is 1.20 bits per heavy atom. The van der Waals surface area contributed by atoms with Crippen molar-refractivity contribution in [3.63, 3.8) is 0 Å². The fraction of sp³-hybridized carbons (Fsp3) is 1.00. The standard InChI is InChI=1S/C7H15NOS/c1-10-8-4-2-6-9-7-3-5-8/h2-7H2,1H3. The van der Waals surface area contributed by atoms with Gasteiger partial charge in [0.25, 0.3) is 0 Å². The molecule has 0 atom stereocenters. The summed E-state index contributed by atoms with van der Waals surface area (Å²) in [7, 11) is 0. The minimum atomic E-state index is 0.942. The van der Waals surface area contributed by atoms with E-state index in [9.17, 15) is 0 Å². The van der Waals surface area contributed by atoms with E-state index in [1.54, 1.807) is 0 Å². The summed E-state index contributed by atoms with van der Waals surface area (Å²) in [5, 5.41) is 0. The van der Waals surface area contributed by atoms with Gasteiger partial charge in [-0.25, -0.2) is 0 Å². The Labute approximate surface area is 67.1 Å². The molecule has 0 aromatic rings. The summed E-state index contributed by atoms with van der Waals surface area (Å²) in [6.07, 6.45) is 4.50. The number of ether oxygens (including phenoxy) is 1. The van der Waals surface area contributed by atoms with Crippen LogP contribution in [0.3, 0.4) is 0 Å². The van der Waals surface area contributed by atoms with Crippen LogP contribution in [0.2, 0.25) is 0 Å². The van der Waals surface area contributed by atoms with Crippen molar-refractivity contribution in [2.24, 2.45) is 0 Å². The molecule has 60 valence electrons. The second-order valence-electron chi connectivity index (χ2n) is 2.43. The molecule has 0 unspecified atom stereocenters. The molecule has 1 aliphatic rings. The van der Waals surface area contributed by atoms with E-state index in [1.807, 2.05) is 11.9 Å². The SMILES string of the molecule is CSN1CCCOCCC1. The highest BCUT2D eigenvalue weighted by molar-refractivity contribution is 7.96. The van der Waals surface area contributed by atoms with E-state index in [4.69, 9.17) is 4.74 Å². The molecule has 1 saturated heterocycles. The summed E-state index contributed by atoms with van der Waals surface area (Å²) in [5.74, 6) is 0. The van der Waals surface area contributed by atoms with E-state index in [-0.39, 0.29) is 0 Å². The topological polar surface area (TPSA) is 12.5 Å². The van der Waals surface area contributed by atoms with E-state index in [2.05, 4.69) is 10.6 Å². The van der Waals surface area contributed by atoms with E-state index >= 15 is 0 Å². The summed E-state index contributed by atoms with van der Waals surface area (Å²) >= 11 is 1.85. The Hall–Kier alpha value is 0.270. The summed E-state index contributed by atoms with van der Waals surface area (Å²) in [5.41, 5.74) is 0. The smallest absolute Gasteiger partial charge is 0.0478 e. The molecule has 3 heteroatoms. The minimum Gasteiger partial charge on any atom is -0.381 e. The van der Waals surface area contributed by atoms with Crippen molar-refractivity contribution in [1.29, 1.82) is 0 Å². The second kappa shape index (κ2) is 4.99. The average Bonchev–Trinajstić information content (AvgIpc) is 1.87. The van der Waals surface area contributed by atoms with Gasteiger partial charge in [0.15, 0.2) is 0 Å². The predicted octanol–water partition coefficient (Wildman–Crippen LogP) is 1.38. The Kier molecular flexibility index (Phi) is 4.18. The van der Waals surface area contributed by atoms with Crippen molar-refractivity contribution in [2.45, 2.75) is 12.8 Å². The van der Waals surface area contributed by atoms with Crippen LogP contribution in [-0.4, -0.2) is 36.9 Å². The largest absolute Gasteiger partial charge is 0.381 e. The minimum absolute atomic E-state index is 0.942. The monoisotopic (exact) mass is 161 g/mol. The van der Waals surface area contributed by atoms with Gasteiger partial charge in [-0.05, 0) is 19.1 Å². The van der Waals surface area contributed by atoms with Crippen molar-refractivity contribution >= 4 is 11.9 Å². The average molecular weight is 161 g/mol. The molecule has 1 heterocycles. The Bertz CT molecular complexity index is 81.7. The van der Waals surface area contributed by atoms with Gasteiger partial charge in [-0.3, -0.25) is 4.31 Å². The number of nitrogens with zero attached hydrogens (tertiary/aromatic N) is 1. The van der Waals surface area contributed by atoms with Crippen molar-refractivity contribution in [2.75, 3.05) is 32.6 Å². The third-order valence-electron chi connectivity index (χ3n) is 1.65. The molecule has 0 radical (unpaired) electrons. The lowest BCUT2D eigenvalue weighted by Crippen LogP contribution is -2.23. The summed E-state index contributed by atoms with van der Waals surface area (Å²) in [4.78, 5) is 0. The van der Waals surface area contributed by atoms with Crippen molar-refractivity contribution in [3.8, 4) is 0 Å². The van der Waals surface area contributed by atoms with Gasteiger partial charge in [0.05, 0.1) is 0 Å². The molecule has 0 spiro atoms. The first-order chi connectivity index (χ1) is 4.93. The lowest BCUT2D eigenvalue weighted by atomic mass is 10.3. The Morgan fingerprint density at radius 2 is 1.80 bits per heavy atom. The van der Waals surface area contributed by atoms with Crippen LogP contribution in [0.25, 0.3) is 0 Å².